The highest BCUT2D eigenvalue weighted by atomic mass is 16.6. The second kappa shape index (κ2) is 22.3. The molecule has 6 aromatic heterocycles. The Balaban J connectivity index is 0.000000210. The molecular weight excluding hydrogens is 789 g/mol. The van der Waals surface area contributed by atoms with Crippen molar-refractivity contribution in [1.29, 1.82) is 5.26 Å². The summed E-state index contributed by atoms with van der Waals surface area (Å²) in [4.78, 5) is 64.3. The third-order valence-electron chi connectivity index (χ3n) is 8.56. The van der Waals surface area contributed by atoms with Gasteiger partial charge >= 0.3 is 18.0 Å². The molecule has 15 heteroatoms. The number of H-pyrrole nitrogens is 2. The lowest BCUT2D eigenvalue weighted by molar-refractivity contribution is -0.137. The van der Waals surface area contributed by atoms with E-state index in [4.69, 9.17) is 19.8 Å². The van der Waals surface area contributed by atoms with Gasteiger partial charge in [-0.15, -0.1) is 0 Å². The van der Waals surface area contributed by atoms with E-state index in [-0.39, 0.29) is 6.61 Å². The summed E-state index contributed by atoms with van der Waals surface area (Å²) in [5.74, 6) is -1.82. The van der Waals surface area contributed by atoms with Crippen molar-refractivity contribution in [3.8, 4) is 39.6 Å². The van der Waals surface area contributed by atoms with Crippen LogP contribution in [0.25, 0.3) is 50.1 Å². The first-order valence-electron chi connectivity index (χ1n) is 19.3. The second-order valence-corrected chi connectivity index (χ2v) is 14.4. The molecule has 6 heterocycles. The molecule has 0 saturated carbocycles. The summed E-state index contributed by atoms with van der Waals surface area (Å²) in [6.07, 6.45) is 20.7. The summed E-state index contributed by atoms with van der Waals surface area (Å²) in [7, 11) is 0. The minimum absolute atomic E-state index is 0.290. The van der Waals surface area contributed by atoms with E-state index in [0.717, 1.165) is 50.3 Å². The van der Waals surface area contributed by atoms with Crippen molar-refractivity contribution in [1.82, 2.24) is 34.8 Å². The molecule has 318 valence electrons. The largest absolute Gasteiger partial charge is 0.478 e. The number of allylic oxidation sites excluding steroid dienone is 3. The van der Waals surface area contributed by atoms with Crippen LogP contribution in [0.2, 0.25) is 0 Å². The summed E-state index contributed by atoms with van der Waals surface area (Å²) < 4.78 is 11.9. The first-order chi connectivity index (χ1) is 29.6. The molecule has 0 saturated heterocycles. The van der Waals surface area contributed by atoms with E-state index < -0.39 is 29.5 Å². The highest BCUT2D eigenvalue weighted by Crippen LogP contribution is 2.28. The van der Waals surface area contributed by atoms with Crippen molar-refractivity contribution in [2.75, 3.05) is 6.61 Å². The summed E-state index contributed by atoms with van der Waals surface area (Å²) in [5, 5.41) is 19.1. The van der Waals surface area contributed by atoms with Gasteiger partial charge in [-0.05, 0) is 148 Å². The number of rotatable bonds is 10. The third-order valence-corrected chi connectivity index (χ3v) is 8.56. The Kier molecular flexibility index (Phi) is 16.8. The van der Waals surface area contributed by atoms with Crippen molar-refractivity contribution in [2.45, 2.75) is 54.1 Å². The summed E-state index contributed by atoms with van der Waals surface area (Å²) in [5.41, 5.74) is 9.49. The summed E-state index contributed by atoms with van der Waals surface area (Å²) in [6, 6.07) is 17.0. The highest BCUT2D eigenvalue weighted by Gasteiger charge is 2.22. The zero-order valence-electron chi connectivity index (χ0n) is 35.5. The first-order valence-corrected chi connectivity index (χ1v) is 19.3. The lowest BCUT2D eigenvalue weighted by Gasteiger charge is -2.20. The van der Waals surface area contributed by atoms with E-state index in [1.807, 2.05) is 67.0 Å². The van der Waals surface area contributed by atoms with Gasteiger partial charge in [0.2, 0.25) is 0 Å². The van der Waals surface area contributed by atoms with Crippen molar-refractivity contribution in [2.24, 2.45) is 0 Å². The minimum atomic E-state index is -0.942. The Hall–Kier alpha value is -8.12. The van der Waals surface area contributed by atoms with Crippen LogP contribution >= 0.6 is 0 Å². The SMILES string of the molecule is C/C(=C\C(=O)NC#N)c1cc(-c2ccncc2)c[nH]1.C/C(=C\C(=O)O)c1cc(-c2ccncc2)c[nH]1.CCOC(=O)/C=C(\C)c1cc(-c2ccncc2)cn1C(=O)OC(C)(C)C. The number of carbonyl (C=O) groups excluding carboxylic acids is 3. The molecular formula is C47H48N8O7. The normalized spacial score (nSPS) is 11.5. The molecule has 0 aliphatic carbocycles. The monoisotopic (exact) mass is 836 g/mol. The standard InChI is InChI=1S/C20H24N2O4.C14H12N4O.C13H12N2O2/c1-6-25-18(23)11-14(2)17-12-16(15-7-9-21-10-8-15)13-22(17)19(24)26-20(3,4)5;1-10(6-14(19)18-9-15)13-7-12(8-17-13)11-2-4-16-5-3-11;1-9(6-13(16)17)12-7-11(8-15-12)10-2-4-14-5-3-10/h7-13H,6H2,1-5H3;2-8,17H,1H3,(H,18,19);2-8,15H,1H3,(H,16,17)/b14-11+;10-6+;9-6+. The second-order valence-electron chi connectivity index (χ2n) is 14.4. The van der Waals surface area contributed by atoms with Crippen molar-refractivity contribution in [3.05, 3.63) is 146 Å². The molecule has 0 aromatic carbocycles. The number of aliphatic carboxylic acids is 1. The maximum absolute atomic E-state index is 12.6. The van der Waals surface area contributed by atoms with Crippen LogP contribution in [0, 0.1) is 11.5 Å². The lowest BCUT2D eigenvalue weighted by Crippen LogP contribution is -2.27. The van der Waals surface area contributed by atoms with Crippen LogP contribution in [-0.4, -0.2) is 70.7 Å². The van der Waals surface area contributed by atoms with Crippen LogP contribution in [0.1, 0.15) is 65.5 Å². The van der Waals surface area contributed by atoms with E-state index >= 15 is 0 Å². The molecule has 6 aromatic rings. The van der Waals surface area contributed by atoms with Gasteiger partial charge in [0.1, 0.15) is 5.60 Å². The van der Waals surface area contributed by atoms with Gasteiger partial charge in [0.15, 0.2) is 6.19 Å². The molecule has 0 bridgehead atoms. The fraction of sp³-hybridized carbons (Fsp3) is 0.191. The molecule has 0 aliphatic rings. The van der Waals surface area contributed by atoms with Gasteiger partial charge in [-0.25, -0.2) is 14.4 Å². The highest BCUT2D eigenvalue weighted by molar-refractivity contribution is 5.95. The number of pyridine rings is 3. The van der Waals surface area contributed by atoms with Crippen molar-refractivity contribution >= 4 is 40.7 Å². The number of nitrogens with zero attached hydrogens (tertiary/aromatic N) is 5. The third kappa shape index (κ3) is 14.3. The van der Waals surface area contributed by atoms with Gasteiger partial charge in [0, 0.05) is 91.0 Å². The molecule has 4 N–H and O–H groups in total. The summed E-state index contributed by atoms with van der Waals surface area (Å²) >= 11 is 0. The zero-order valence-corrected chi connectivity index (χ0v) is 35.5. The quantitative estimate of drug-likeness (QED) is 0.0442. The summed E-state index contributed by atoms with van der Waals surface area (Å²) in [6.45, 7) is 12.8. The molecule has 62 heavy (non-hydrogen) atoms. The number of carboxylic acid groups (broad SMARTS) is 1. The van der Waals surface area contributed by atoms with Gasteiger partial charge < -0.3 is 24.5 Å². The average Bonchev–Trinajstić information content (AvgIpc) is 4.03. The smallest absolute Gasteiger partial charge is 0.418 e. The van der Waals surface area contributed by atoms with Gasteiger partial charge in [-0.2, -0.15) is 5.26 Å². The van der Waals surface area contributed by atoms with Crippen molar-refractivity contribution < 1.29 is 33.8 Å². The van der Waals surface area contributed by atoms with Gasteiger partial charge in [-0.1, -0.05) is 0 Å². The number of esters is 1. The molecule has 0 aliphatic heterocycles. The van der Waals surface area contributed by atoms with Crippen LogP contribution in [0.4, 0.5) is 4.79 Å². The van der Waals surface area contributed by atoms with Gasteiger partial charge in [0.25, 0.3) is 5.91 Å². The number of ether oxygens (including phenoxy) is 2. The minimum Gasteiger partial charge on any atom is -0.478 e. The van der Waals surface area contributed by atoms with Crippen LogP contribution in [0.5, 0.6) is 0 Å². The maximum atomic E-state index is 12.6. The molecule has 0 radical (unpaired) electrons. The van der Waals surface area contributed by atoms with Crippen LogP contribution < -0.4 is 5.32 Å². The first kappa shape index (κ1) is 46.6. The van der Waals surface area contributed by atoms with Gasteiger partial charge in [-0.3, -0.25) is 29.6 Å². The van der Waals surface area contributed by atoms with Crippen LogP contribution in [-0.2, 0) is 23.9 Å². The number of nitriles is 1. The van der Waals surface area contributed by atoms with E-state index in [9.17, 15) is 19.2 Å². The van der Waals surface area contributed by atoms with Crippen LogP contribution in [0.3, 0.4) is 0 Å². The molecule has 0 unspecified atom stereocenters. The zero-order chi connectivity index (χ0) is 45.2. The van der Waals surface area contributed by atoms with Crippen LogP contribution in [0.15, 0.2) is 129 Å². The Labute approximate surface area is 359 Å². The number of amides is 1. The Morgan fingerprint density at radius 3 is 1.63 bits per heavy atom. The predicted molar refractivity (Wildman–Crippen MR) is 236 cm³/mol. The molecule has 0 spiro atoms. The number of nitrogens with one attached hydrogen (secondary N) is 3. The lowest BCUT2D eigenvalue weighted by atomic mass is 10.1. The molecule has 6 rings (SSSR count). The molecule has 0 atom stereocenters. The Bertz CT molecular complexity index is 2590. The number of aromatic nitrogens is 6. The topological polar surface area (TPSA) is 218 Å². The molecule has 15 nitrogen and oxygen atoms in total. The van der Waals surface area contributed by atoms with E-state index in [2.05, 4.69) is 30.2 Å². The molecule has 0 fully saturated rings. The average molecular weight is 837 g/mol. The number of carbonyl (C=O) groups is 4. The Morgan fingerprint density at radius 2 is 1.19 bits per heavy atom. The molecule has 1 amide bonds. The fourth-order valence-corrected chi connectivity index (χ4v) is 5.66. The van der Waals surface area contributed by atoms with Gasteiger partial charge in [0.05, 0.1) is 12.3 Å². The number of aromatic amines is 2. The van der Waals surface area contributed by atoms with E-state index in [1.165, 1.54) is 22.8 Å². The maximum Gasteiger partial charge on any atom is 0.418 e. The number of carboxylic acids is 1. The van der Waals surface area contributed by atoms with Crippen molar-refractivity contribution in [3.63, 3.8) is 0 Å². The Morgan fingerprint density at radius 1 is 0.726 bits per heavy atom. The van der Waals surface area contributed by atoms with E-state index in [0.29, 0.717) is 16.8 Å². The fourth-order valence-electron chi connectivity index (χ4n) is 5.66. The van der Waals surface area contributed by atoms with E-state index in [1.54, 1.807) is 98.0 Å². The number of hydrogen-bond acceptors (Lipinski definition) is 10. The number of hydrogen-bond donors (Lipinski definition) is 4. The predicted octanol–water partition coefficient (Wildman–Crippen LogP) is 8.94.